The van der Waals surface area contributed by atoms with Gasteiger partial charge in [-0.2, -0.15) is 0 Å². The maximum Gasteiger partial charge on any atom is 0.229 e. The summed E-state index contributed by atoms with van der Waals surface area (Å²) in [6.45, 7) is -1.30. The van der Waals surface area contributed by atoms with E-state index < -0.39 is 108 Å². The van der Waals surface area contributed by atoms with Crippen LogP contribution in [-0.4, -0.2) is 118 Å². The molecule has 1 aromatic heterocycles. The van der Waals surface area contributed by atoms with Crippen molar-refractivity contribution in [2.24, 2.45) is 5.92 Å². The van der Waals surface area contributed by atoms with Crippen molar-refractivity contribution in [2.75, 3.05) is 13.2 Å². The summed E-state index contributed by atoms with van der Waals surface area (Å²) in [7, 11) is 0. The zero-order valence-electron chi connectivity index (χ0n) is 21.2. The van der Waals surface area contributed by atoms with Crippen molar-refractivity contribution >= 4 is 21.9 Å². The first kappa shape index (κ1) is 29.2. The molecule has 1 aliphatic carbocycles. The van der Waals surface area contributed by atoms with Crippen LogP contribution in [0.25, 0.3) is 21.9 Å². The minimum absolute atomic E-state index is 0.160. The quantitative estimate of drug-likeness (QED) is 0.138. The first-order chi connectivity index (χ1) is 19.4. The summed E-state index contributed by atoms with van der Waals surface area (Å²) in [5.41, 5.74) is -1.70. The third-order valence-electron chi connectivity index (χ3n) is 7.88. The molecule has 2 aromatic carbocycles. The Morgan fingerprint density at radius 2 is 1.44 bits per heavy atom. The van der Waals surface area contributed by atoms with Gasteiger partial charge in [-0.25, -0.2) is 0 Å². The Morgan fingerprint density at radius 3 is 2.10 bits per heavy atom. The van der Waals surface area contributed by atoms with Crippen LogP contribution in [0.2, 0.25) is 0 Å². The Balaban J connectivity index is 1.60. The van der Waals surface area contributed by atoms with E-state index >= 15 is 0 Å². The van der Waals surface area contributed by atoms with E-state index in [-0.39, 0.29) is 28.5 Å². The number of fused-ring (bicyclic) bond motifs is 2. The number of aliphatic hydroxyl groups excluding tert-OH is 8. The molecular formula is C26H30O15. The van der Waals surface area contributed by atoms with E-state index in [2.05, 4.69) is 0 Å². The summed E-state index contributed by atoms with van der Waals surface area (Å²) in [5, 5.41) is 112. The fourth-order valence-corrected chi connectivity index (χ4v) is 5.56. The van der Waals surface area contributed by atoms with Crippen LogP contribution in [0, 0.1) is 5.92 Å². The molecule has 0 bridgehead atoms. The zero-order valence-corrected chi connectivity index (χ0v) is 21.2. The lowest BCUT2D eigenvalue weighted by Gasteiger charge is -2.40. The molecule has 2 heterocycles. The Hall–Kier alpha value is -3.25. The van der Waals surface area contributed by atoms with E-state index in [4.69, 9.17) is 13.9 Å². The summed E-state index contributed by atoms with van der Waals surface area (Å²) < 4.78 is 16.4. The molecule has 41 heavy (non-hydrogen) atoms. The lowest BCUT2D eigenvalue weighted by molar-refractivity contribution is -0.277. The smallest absolute Gasteiger partial charge is 0.229 e. The highest BCUT2D eigenvalue weighted by molar-refractivity contribution is 5.96. The van der Waals surface area contributed by atoms with Gasteiger partial charge in [0.15, 0.2) is 11.5 Å². The molecule has 0 amide bonds. The van der Waals surface area contributed by atoms with Gasteiger partial charge < -0.3 is 70.1 Å². The molecule has 15 nitrogen and oxygen atoms in total. The number of ether oxygens (including phenoxy) is 2. The monoisotopic (exact) mass is 582 g/mol. The second-order valence-electron chi connectivity index (χ2n) is 10.4. The van der Waals surface area contributed by atoms with Crippen molar-refractivity contribution in [2.45, 2.75) is 61.4 Å². The number of phenols is 3. The highest BCUT2D eigenvalue weighted by Gasteiger charge is 2.46. The third kappa shape index (κ3) is 4.74. The summed E-state index contributed by atoms with van der Waals surface area (Å²) >= 11 is 0. The van der Waals surface area contributed by atoms with Crippen LogP contribution >= 0.6 is 0 Å². The molecule has 1 unspecified atom stereocenters. The summed E-state index contributed by atoms with van der Waals surface area (Å²) in [5.74, 6) is -4.54. The van der Waals surface area contributed by atoms with Crippen LogP contribution in [0.15, 0.2) is 27.4 Å². The number of benzene rings is 2. The van der Waals surface area contributed by atoms with Crippen molar-refractivity contribution in [3.05, 3.63) is 34.0 Å². The van der Waals surface area contributed by atoms with Gasteiger partial charge in [-0.3, -0.25) is 4.79 Å². The van der Waals surface area contributed by atoms with Crippen LogP contribution in [0.5, 0.6) is 23.0 Å². The van der Waals surface area contributed by atoms with E-state index in [1.165, 1.54) is 0 Å². The molecule has 2 aliphatic rings. The average molecular weight is 583 g/mol. The Morgan fingerprint density at radius 1 is 0.780 bits per heavy atom. The second kappa shape index (κ2) is 10.9. The molecule has 3 aromatic rings. The van der Waals surface area contributed by atoms with E-state index in [9.17, 15) is 61.0 Å². The van der Waals surface area contributed by atoms with Gasteiger partial charge in [0, 0.05) is 36.1 Å². The maximum atomic E-state index is 13.6. The number of phenolic OH excluding ortho intramolecular Hbond substituents is 3. The Labute approximate surface area is 229 Å². The molecule has 1 saturated heterocycles. The van der Waals surface area contributed by atoms with Crippen LogP contribution in [0.3, 0.4) is 0 Å². The van der Waals surface area contributed by atoms with Crippen molar-refractivity contribution in [3.63, 3.8) is 0 Å². The number of hydrogen-bond donors (Lipinski definition) is 11. The standard InChI is InChI=1S/C26H30O15/c27-5-7-1-9(20(33)23(36)18(7)31)16-11(30)4-14-17(22(16)35)19(32)8-2-13(10(29)3-12(8)39-14)40-26-25(38)24(37)21(34)15(6-28)41-26/h2-4,7,9,15,18,20-21,23-31,33-38H,1,5-6H2/t7-,9?,15-,18-,20+,21-,23+,24+,25-,26-/m1/s1. The van der Waals surface area contributed by atoms with Crippen molar-refractivity contribution in [1.82, 2.24) is 0 Å². The van der Waals surface area contributed by atoms with Gasteiger partial charge in [-0.15, -0.1) is 0 Å². The number of hydrogen-bond acceptors (Lipinski definition) is 15. The minimum atomic E-state index is -1.82. The molecule has 11 N–H and O–H groups in total. The lowest BCUT2D eigenvalue weighted by atomic mass is 9.72. The minimum Gasteiger partial charge on any atom is -0.507 e. The van der Waals surface area contributed by atoms with Gasteiger partial charge in [-0.1, -0.05) is 0 Å². The molecule has 1 aliphatic heterocycles. The second-order valence-corrected chi connectivity index (χ2v) is 10.4. The highest BCUT2D eigenvalue weighted by Crippen LogP contribution is 2.47. The van der Waals surface area contributed by atoms with E-state index in [1.54, 1.807) is 0 Å². The fraction of sp³-hybridized carbons (Fsp3) is 0.500. The van der Waals surface area contributed by atoms with Crippen molar-refractivity contribution < 1.29 is 70.1 Å². The molecular weight excluding hydrogens is 552 g/mol. The summed E-state index contributed by atoms with van der Waals surface area (Å²) in [6.07, 6.45) is -13.3. The normalized spacial score (nSPS) is 34.2. The van der Waals surface area contributed by atoms with Crippen LogP contribution in [0.1, 0.15) is 17.9 Å². The first-order valence-corrected chi connectivity index (χ1v) is 12.7. The predicted octanol–water partition coefficient (Wildman–Crippen LogP) is -2.58. The van der Waals surface area contributed by atoms with Crippen molar-refractivity contribution in [1.29, 1.82) is 0 Å². The van der Waals surface area contributed by atoms with Gasteiger partial charge in [0.1, 0.15) is 58.6 Å². The summed E-state index contributed by atoms with van der Waals surface area (Å²) in [4.78, 5) is 13.6. The number of aromatic hydroxyl groups is 3. The number of rotatable bonds is 5. The van der Waals surface area contributed by atoms with E-state index in [1.807, 2.05) is 0 Å². The van der Waals surface area contributed by atoms with E-state index in [0.717, 1.165) is 18.2 Å². The fourth-order valence-electron chi connectivity index (χ4n) is 5.56. The predicted molar refractivity (Wildman–Crippen MR) is 135 cm³/mol. The maximum absolute atomic E-state index is 13.6. The van der Waals surface area contributed by atoms with Crippen LogP contribution < -0.4 is 10.2 Å². The van der Waals surface area contributed by atoms with Crippen LogP contribution in [0.4, 0.5) is 0 Å². The van der Waals surface area contributed by atoms with Crippen LogP contribution in [-0.2, 0) is 4.74 Å². The first-order valence-electron chi connectivity index (χ1n) is 12.7. The lowest BCUT2D eigenvalue weighted by Crippen LogP contribution is -2.60. The molecule has 2 fully saturated rings. The zero-order chi connectivity index (χ0) is 29.9. The third-order valence-corrected chi connectivity index (χ3v) is 7.88. The SMILES string of the molecule is O=c1c2cc(O[C@@H]3O[C@H](CO)[C@@H](O)[C@H](O)[C@H]3O)c(O)cc2oc2cc(O)c(C3C[C@H](CO)[C@@H](O)[C@H](O)[C@H]3O)c(O)c12. The molecule has 0 spiro atoms. The Bertz CT molecular complexity index is 1500. The van der Waals surface area contributed by atoms with Gasteiger partial charge in [0.05, 0.1) is 24.2 Å². The Kier molecular flexibility index (Phi) is 7.75. The molecule has 5 rings (SSSR count). The molecule has 224 valence electrons. The topological polar surface area (TPSA) is 271 Å². The molecule has 0 radical (unpaired) electrons. The van der Waals surface area contributed by atoms with E-state index in [0.29, 0.717) is 0 Å². The average Bonchev–Trinajstić information content (AvgIpc) is 2.93. The van der Waals surface area contributed by atoms with Crippen molar-refractivity contribution in [3.8, 4) is 23.0 Å². The van der Waals surface area contributed by atoms with Gasteiger partial charge in [0.25, 0.3) is 0 Å². The van der Waals surface area contributed by atoms with Gasteiger partial charge >= 0.3 is 0 Å². The molecule has 15 heteroatoms. The number of aliphatic hydroxyl groups is 8. The molecule has 10 atom stereocenters. The summed E-state index contributed by atoms with van der Waals surface area (Å²) in [6, 6.07) is 2.98. The highest BCUT2D eigenvalue weighted by atomic mass is 16.7. The van der Waals surface area contributed by atoms with Gasteiger partial charge in [-0.05, 0) is 12.5 Å². The molecule has 1 saturated carbocycles. The van der Waals surface area contributed by atoms with Gasteiger partial charge in [0.2, 0.25) is 11.7 Å². The largest absolute Gasteiger partial charge is 0.507 e.